The van der Waals surface area contributed by atoms with Gasteiger partial charge in [0.1, 0.15) is 12.4 Å². The van der Waals surface area contributed by atoms with Crippen LogP contribution >= 0.6 is 0 Å². The summed E-state index contributed by atoms with van der Waals surface area (Å²) in [5, 5.41) is 2.82. The molecule has 0 aliphatic heterocycles. The maximum atomic E-state index is 12.3. The zero-order chi connectivity index (χ0) is 18.8. The van der Waals surface area contributed by atoms with Crippen LogP contribution in [0.3, 0.4) is 0 Å². The topological polar surface area (TPSA) is 81.4 Å². The van der Waals surface area contributed by atoms with Crippen molar-refractivity contribution < 1.29 is 14.3 Å². The molecule has 3 N–H and O–H groups in total. The molecule has 2 amide bonds. The summed E-state index contributed by atoms with van der Waals surface area (Å²) < 4.78 is 5.46. The highest BCUT2D eigenvalue weighted by atomic mass is 16.5. The lowest BCUT2D eigenvalue weighted by Crippen LogP contribution is -2.29. The van der Waals surface area contributed by atoms with Gasteiger partial charge in [-0.05, 0) is 24.1 Å². The number of carbonyl (C=O) groups is 2. The molecule has 2 aromatic carbocycles. The van der Waals surface area contributed by atoms with Crippen LogP contribution in [-0.2, 0) is 4.79 Å². The summed E-state index contributed by atoms with van der Waals surface area (Å²) in [5.41, 5.74) is 6.60. The number of para-hydroxylation sites is 1. The lowest BCUT2D eigenvalue weighted by atomic mass is 9.96. The number of amides is 2. The summed E-state index contributed by atoms with van der Waals surface area (Å²) in [6, 6.07) is 16.4. The van der Waals surface area contributed by atoms with Gasteiger partial charge in [0.2, 0.25) is 5.91 Å². The van der Waals surface area contributed by atoms with Crippen LogP contribution in [0.15, 0.2) is 54.6 Å². The highest BCUT2D eigenvalue weighted by Crippen LogP contribution is 2.19. The standard InChI is InChI=1S/C21H22N2O3/c1-2-17(16-10-4-3-5-11-16)21(25)23-14-8-9-15-26-19-13-7-6-12-18(19)20(22)24/h3-7,10-13,17H,2,14-15H2,1H3,(H2,22,24)(H,23,25)/t17-/m0/s1. The average Bonchev–Trinajstić information content (AvgIpc) is 2.66. The van der Waals surface area contributed by atoms with Crippen molar-refractivity contribution in [1.29, 1.82) is 0 Å². The zero-order valence-corrected chi connectivity index (χ0v) is 14.7. The molecule has 0 fully saturated rings. The van der Waals surface area contributed by atoms with E-state index in [1.807, 2.05) is 37.3 Å². The van der Waals surface area contributed by atoms with Crippen LogP contribution in [-0.4, -0.2) is 25.0 Å². The minimum absolute atomic E-state index is 0.0482. The molecular weight excluding hydrogens is 328 g/mol. The summed E-state index contributed by atoms with van der Waals surface area (Å²) >= 11 is 0. The van der Waals surface area contributed by atoms with Crippen molar-refractivity contribution in [2.24, 2.45) is 5.73 Å². The lowest BCUT2D eigenvalue weighted by Gasteiger charge is -2.14. The third-order valence-electron chi connectivity index (χ3n) is 3.86. The van der Waals surface area contributed by atoms with E-state index in [1.165, 1.54) is 0 Å². The third-order valence-corrected chi connectivity index (χ3v) is 3.86. The molecule has 2 rings (SSSR count). The summed E-state index contributed by atoms with van der Waals surface area (Å²) in [7, 11) is 0. The van der Waals surface area contributed by atoms with E-state index >= 15 is 0 Å². The first-order valence-corrected chi connectivity index (χ1v) is 8.43. The van der Waals surface area contributed by atoms with Gasteiger partial charge in [-0.3, -0.25) is 9.59 Å². The Kier molecular flexibility index (Phi) is 7.26. The molecule has 2 aromatic rings. The van der Waals surface area contributed by atoms with E-state index in [0.29, 0.717) is 11.3 Å². The van der Waals surface area contributed by atoms with Gasteiger partial charge in [0.15, 0.2) is 0 Å². The van der Waals surface area contributed by atoms with Crippen molar-refractivity contribution in [2.75, 3.05) is 13.2 Å². The highest BCUT2D eigenvalue weighted by molar-refractivity contribution is 5.95. The number of ether oxygens (including phenoxy) is 1. The lowest BCUT2D eigenvalue weighted by molar-refractivity contribution is -0.122. The molecule has 5 nitrogen and oxygen atoms in total. The van der Waals surface area contributed by atoms with Gasteiger partial charge in [-0.25, -0.2) is 0 Å². The summed E-state index contributed by atoms with van der Waals surface area (Å²) in [6.07, 6.45) is 0.719. The van der Waals surface area contributed by atoms with Crippen LogP contribution in [0, 0.1) is 11.8 Å². The van der Waals surface area contributed by atoms with Gasteiger partial charge in [-0.1, -0.05) is 61.2 Å². The molecule has 1 atom stereocenters. The Hall–Kier alpha value is -3.26. The minimum atomic E-state index is -0.549. The number of carbonyl (C=O) groups excluding carboxylic acids is 2. The van der Waals surface area contributed by atoms with Crippen molar-refractivity contribution in [2.45, 2.75) is 19.3 Å². The number of nitrogens with one attached hydrogen (secondary N) is 1. The highest BCUT2D eigenvalue weighted by Gasteiger charge is 2.17. The molecule has 134 valence electrons. The molecule has 0 aliphatic carbocycles. The molecule has 0 saturated carbocycles. The number of benzene rings is 2. The van der Waals surface area contributed by atoms with E-state index in [-0.39, 0.29) is 25.0 Å². The SMILES string of the molecule is CC[C@H](C(=O)NCC#CCOc1ccccc1C(N)=O)c1ccccc1. The molecule has 0 unspecified atom stereocenters. The van der Waals surface area contributed by atoms with Crippen molar-refractivity contribution in [3.8, 4) is 17.6 Å². The fourth-order valence-corrected chi connectivity index (χ4v) is 2.54. The smallest absolute Gasteiger partial charge is 0.252 e. The second-order valence-electron chi connectivity index (χ2n) is 5.59. The Balaban J connectivity index is 1.82. The van der Waals surface area contributed by atoms with Gasteiger partial charge < -0.3 is 15.8 Å². The minimum Gasteiger partial charge on any atom is -0.480 e. The Morgan fingerprint density at radius 1 is 1.08 bits per heavy atom. The van der Waals surface area contributed by atoms with E-state index in [1.54, 1.807) is 24.3 Å². The second kappa shape index (κ2) is 9.90. The molecule has 0 heterocycles. The molecule has 0 spiro atoms. The first-order valence-electron chi connectivity index (χ1n) is 8.43. The quantitative estimate of drug-likeness (QED) is 0.753. The zero-order valence-electron chi connectivity index (χ0n) is 14.7. The van der Waals surface area contributed by atoms with Gasteiger partial charge in [-0.15, -0.1) is 0 Å². The predicted octanol–water partition coefficient (Wildman–Crippen LogP) is 2.48. The van der Waals surface area contributed by atoms with E-state index in [4.69, 9.17) is 10.5 Å². The Bertz CT molecular complexity index is 807. The second-order valence-corrected chi connectivity index (χ2v) is 5.59. The van der Waals surface area contributed by atoms with Gasteiger partial charge in [0.05, 0.1) is 18.0 Å². The van der Waals surface area contributed by atoms with E-state index in [2.05, 4.69) is 17.2 Å². The van der Waals surface area contributed by atoms with Gasteiger partial charge in [0.25, 0.3) is 5.91 Å². The van der Waals surface area contributed by atoms with E-state index in [0.717, 1.165) is 12.0 Å². The van der Waals surface area contributed by atoms with Crippen LogP contribution < -0.4 is 15.8 Å². The molecule has 26 heavy (non-hydrogen) atoms. The normalized spacial score (nSPS) is 11.0. The van der Waals surface area contributed by atoms with Crippen LogP contribution in [0.5, 0.6) is 5.75 Å². The van der Waals surface area contributed by atoms with Crippen molar-refractivity contribution in [3.63, 3.8) is 0 Å². The summed E-state index contributed by atoms with van der Waals surface area (Å²) in [5.74, 6) is 5.27. The maximum Gasteiger partial charge on any atom is 0.252 e. The summed E-state index contributed by atoms with van der Waals surface area (Å²) in [6.45, 7) is 2.33. The number of nitrogens with two attached hydrogens (primary N) is 1. The van der Waals surface area contributed by atoms with E-state index in [9.17, 15) is 9.59 Å². The summed E-state index contributed by atoms with van der Waals surface area (Å²) in [4.78, 5) is 23.6. The maximum absolute atomic E-state index is 12.3. The van der Waals surface area contributed by atoms with Crippen LogP contribution in [0.4, 0.5) is 0 Å². The molecule has 0 bridgehead atoms. The van der Waals surface area contributed by atoms with Crippen LogP contribution in [0.1, 0.15) is 35.2 Å². The number of hydrogen-bond acceptors (Lipinski definition) is 3. The van der Waals surface area contributed by atoms with E-state index < -0.39 is 5.91 Å². The van der Waals surface area contributed by atoms with Gasteiger partial charge >= 0.3 is 0 Å². The first-order chi connectivity index (χ1) is 12.6. The Morgan fingerprint density at radius 2 is 1.77 bits per heavy atom. The van der Waals surface area contributed by atoms with Crippen molar-refractivity contribution >= 4 is 11.8 Å². The third kappa shape index (κ3) is 5.38. The van der Waals surface area contributed by atoms with Crippen LogP contribution in [0.25, 0.3) is 0 Å². The number of primary amides is 1. The first kappa shape index (κ1) is 19.1. The number of hydrogen-bond donors (Lipinski definition) is 2. The molecule has 0 aromatic heterocycles. The van der Waals surface area contributed by atoms with Crippen molar-refractivity contribution in [1.82, 2.24) is 5.32 Å². The van der Waals surface area contributed by atoms with Crippen molar-refractivity contribution in [3.05, 3.63) is 65.7 Å². The Morgan fingerprint density at radius 3 is 2.46 bits per heavy atom. The van der Waals surface area contributed by atoms with Crippen LogP contribution in [0.2, 0.25) is 0 Å². The molecule has 5 heteroatoms. The number of rotatable bonds is 7. The molecule has 0 aliphatic rings. The molecule has 0 radical (unpaired) electrons. The monoisotopic (exact) mass is 350 g/mol. The fraction of sp³-hybridized carbons (Fsp3) is 0.238. The largest absolute Gasteiger partial charge is 0.480 e. The van der Waals surface area contributed by atoms with Gasteiger partial charge in [-0.2, -0.15) is 0 Å². The van der Waals surface area contributed by atoms with Gasteiger partial charge in [0, 0.05) is 0 Å². The predicted molar refractivity (Wildman–Crippen MR) is 101 cm³/mol. The Labute approximate surface area is 153 Å². The molecule has 0 saturated heterocycles. The molecular formula is C21H22N2O3. The average molecular weight is 350 g/mol. The fourth-order valence-electron chi connectivity index (χ4n) is 2.54.